The zero-order chi connectivity index (χ0) is 13.8. The molecule has 1 unspecified atom stereocenters. The van der Waals surface area contributed by atoms with Crippen LogP contribution in [0.25, 0.3) is 0 Å². The molecule has 1 saturated heterocycles. The van der Waals surface area contributed by atoms with E-state index in [2.05, 4.69) is 33.2 Å². The van der Waals surface area contributed by atoms with Gasteiger partial charge in [-0.25, -0.2) is 0 Å². The summed E-state index contributed by atoms with van der Waals surface area (Å²) in [6, 6.07) is 8.10. The lowest BCUT2D eigenvalue weighted by molar-refractivity contribution is -0.119. The van der Waals surface area contributed by atoms with Gasteiger partial charge < -0.3 is 15.1 Å². The molecule has 1 atom stereocenters. The van der Waals surface area contributed by atoms with Gasteiger partial charge in [0.2, 0.25) is 5.91 Å². The molecule has 0 saturated carbocycles. The van der Waals surface area contributed by atoms with E-state index in [9.17, 15) is 4.79 Å². The summed E-state index contributed by atoms with van der Waals surface area (Å²) in [6.07, 6.45) is 0.548. The van der Waals surface area contributed by atoms with E-state index in [4.69, 9.17) is 0 Å². The third-order valence-electron chi connectivity index (χ3n) is 3.62. The summed E-state index contributed by atoms with van der Waals surface area (Å²) < 4.78 is 0.987. The number of halogens is 1. The van der Waals surface area contributed by atoms with Crippen LogP contribution >= 0.6 is 15.9 Å². The molecule has 1 aromatic carbocycles. The van der Waals surface area contributed by atoms with Gasteiger partial charge in [-0.1, -0.05) is 22.0 Å². The number of nitrogens with zero attached hydrogens (tertiary/aromatic N) is 2. The highest BCUT2D eigenvalue weighted by Crippen LogP contribution is 2.20. The fraction of sp³-hybridized carbons (Fsp3) is 0.500. The highest BCUT2D eigenvalue weighted by Gasteiger charge is 2.23. The summed E-state index contributed by atoms with van der Waals surface area (Å²) in [6.45, 7) is 2.88. The van der Waals surface area contributed by atoms with E-state index in [0.717, 1.165) is 29.8 Å². The van der Waals surface area contributed by atoms with Crippen molar-refractivity contribution in [2.45, 2.75) is 12.5 Å². The molecule has 1 N–H and O–H groups in total. The standard InChI is InChI=1S/C14H20BrN3O/c1-17-7-6-16-10-13(17)9-14(19)18(2)12-5-3-4-11(15)8-12/h3-5,8,13,16H,6-7,9-10H2,1-2H3. The molecule has 4 nitrogen and oxygen atoms in total. The van der Waals surface area contributed by atoms with E-state index in [0.29, 0.717) is 6.42 Å². The van der Waals surface area contributed by atoms with Gasteiger partial charge in [-0.3, -0.25) is 4.79 Å². The number of carbonyl (C=O) groups excluding carboxylic acids is 1. The Morgan fingerprint density at radius 1 is 1.58 bits per heavy atom. The smallest absolute Gasteiger partial charge is 0.228 e. The summed E-state index contributed by atoms with van der Waals surface area (Å²) in [5.41, 5.74) is 0.922. The molecular weight excluding hydrogens is 306 g/mol. The minimum atomic E-state index is 0.152. The van der Waals surface area contributed by atoms with Gasteiger partial charge in [-0.05, 0) is 25.2 Å². The van der Waals surface area contributed by atoms with E-state index in [1.807, 2.05) is 31.3 Å². The second-order valence-electron chi connectivity index (χ2n) is 4.98. The van der Waals surface area contributed by atoms with Crippen LogP contribution in [0.2, 0.25) is 0 Å². The quantitative estimate of drug-likeness (QED) is 0.918. The molecule has 0 aliphatic carbocycles. The van der Waals surface area contributed by atoms with Crippen molar-refractivity contribution >= 4 is 27.5 Å². The topological polar surface area (TPSA) is 35.6 Å². The van der Waals surface area contributed by atoms with Crippen molar-refractivity contribution in [1.29, 1.82) is 0 Å². The molecule has 0 aromatic heterocycles. The summed E-state index contributed by atoms with van der Waals surface area (Å²) >= 11 is 3.43. The Bertz CT molecular complexity index is 452. The monoisotopic (exact) mass is 325 g/mol. The van der Waals surface area contributed by atoms with Crippen molar-refractivity contribution in [3.05, 3.63) is 28.7 Å². The number of carbonyl (C=O) groups is 1. The summed E-state index contributed by atoms with van der Waals surface area (Å²) in [7, 11) is 3.91. The highest BCUT2D eigenvalue weighted by molar-refractivity contribution is 9.10. The third kappa shape index (κ3) is 3.78. The minimum Gasteiger partial charge on any atom is -0.315 e. The summed E-state index contributed by atoms with van der Waals surface area (Å²) in [4.78, 5) is 16.3. The van der Waals surface area contributed by atoms with Gasteiger partial charge in [0.1, 0.15) is 0 Å². The molecule has 104 valence electrons. The molecule has 1 aliphatic rings. The molecule has 1 amide bonds. The van der Waals surface area contributed by atoms with Crippen LogP contribution in [0.4, 0.5) is 5.69 Å². The SMILES string of the molecule is CN(C(=O)CC1CNCCN1C)c1cccc(Br)c1. The number of hydrogen-bond acceptors (Lipinski definition) is 3. The van der Waals surface area contributed by atoms with Crippen LogP contribution in [-0.2, 0) is 4.79 Å². The van der Waals surface area contributed by atoms with E-state index in [-0.39, 0.29) is 11.9 Å². The first-order valence-electron chi connectivity index (χ1n) is 6.51. The first-order chi connectivity index (χ1) is 9.08. The summed E-state index contributed by atoms with van der Waals surface area (Å²) in [5.74, 6) is 0.152. The zero-order valence-electron chi connectivity index (χ0n) is 11.4. The largest absolute Gasteiger partial charge is 0.315 e. The van der Waals surface area contributed by atoms with Crippen molar-refractivity contribution in [3.8, 4) is 0 Å². The predicted molar refractivity (Wildman–Crippen MR) is 81.5 cm³/mol. The summed E-state index contributed by atoms with van der Waals surface area (Å²) in [5, 5.41) is 3.34. The lowest BCUT2D eigenvalue weighted by Gasteiger charge is -2.33. The highest BCUT2D eigenvalue weighted by atomic mass is 79.9. The number of benzene rings is 1. The Morgan fingerprint density at radius 3 is 3.05 bits per heavy atom. The minimum absolute atomic E-state index is 0.152. The maximum atomic E-state index is 12.3. The molecule has 1 aliphatic heterocycles. The maximum absolute atomic E-state index is 12.3. The normalized spacial score (nSPS) is 20.3. The van der Waals surface area contributed by atoms with Gasteiger partial charge in [0, 0.05) is 49.3 Å². The average molecular weight is 326 g/mol. The van der Waals surface area contributed by atoms with Gasteiger partial charge in [0.25, 0.3) is 0 Å². The van der Waals surface area contributed by atoms with Crippen molar-refractivity contribution in [3.63, 3.8) is 0 Å². The van der Waals surface area contributed by atoms with Gasteiger partial charge in [-0.2, -0.15) is 0 Å². The number of rotatable bonds is 3. The molecule has 5 heteroatoms. The van der Waals surface area contributed by atoms with Crippen LogP contribution in [-0.4, -0.2) is 50.6 Å². The lowest BCUT2D eigenvalue weighted by atomic mass is 10.1. The maximum Gasteiger partial charge on any atom is 0.228 e. The van der Waals surface area contributed by atoms with Crippen molar-refractivity contribution in [2.24, 2.45) is 0 Å². The van der Waals surface area contributed by atoms with Gasteiger partial charge in [-0.15, -0.1) is 0 Å². The number of anilines is 1. The second-order valence-corrected chi connectivity index (χ2v) is 5.89. The Morgan fingerprint density at radius 2 is 2.37 bits per heavy atom. The Kier molecular flexibility index (Phi) is 4.96. The predicted octanol–water partition coefficient (Wildman–Crippen LogP) is 1.71. The Hall–Kier alpha value is -0.910. The van der Waals surface area contributed by atoms with Gasteiger partial charge in [0.05, 0.1) is 0 Å². The van der Waals surface area contributed by atoms with Gasteiger partial charge >= 0.3 is 0 Å². The zero-order valence-corrected chi connectivity index (χ0v) is 13.0. The van der Waals surface area contributed by atoms with E-state index in [1.54, 1.807) is 4.90 Å². The van der Waals surface area contributed by atoms with Crippen LogP contribution in [0.1, 0.15) is 6.42 Å². The molecule has 19 heavy (non-hydrogen) atoms. The molecule has 1 heterocycles. The molecule has 1 aromatic rings. The average Bonchev–Trinajstić information content (AvgIpc) is 2.40. The third-order valence-corrected chi connectivity index (χ3v) is 4.12. The number of likely N-dealkylation sites (N-methyl/N-ethyl adjacent to an activating group) is 1. The van der Waals surface area contributed by atoms with E-state index < -0.39 is 0 Å². The number of piperazine rings is 1. The van der Waals surface area contributed by atoms with Crippen LogP contribution < -0.4 is 10.2 Å². The number of hydrogen-bond donors (Lipinski definition) is 1. The van der Waals surface area contributed by atoms with Crippen LogP contribution in [0.15, 0.2) is 28.7 Å². The van der Waals surface area contributed by atoms with E-state index in [1.165, 1.54) is 0 Å². The fourth-order valence-corrected chi connectivity index (χ4v) is 2.64. The van der Waals surface area contributed by atoms with Crippen LogP contribution in [0.5, 0.6) is 0 Å². The molecule has 1 fully saturated rings. The van der Waals surface area contributed by atoms with Crippen molar-refractivity contribution in [1.82, 2.24) is 10.2 Å². The Labute approximate surface area is 122 Å². The van der Waals surface area contributed by atoms with Crippen LogP contribution in [0.3, 0.4) is 0 Å². The van der Waals surface area contributed by atoms with E-state index >= 15 is 0 Å². The molecular formula is C14H20BrN3O. The second kappa shape index (κ2) is 6.50. The lowest BCUT2D eigenvalue weighted by Crippen LogP contribution is -2.51. The van der Waals surface area contributed by atoms with Gasteiger partial charge in [0.15, 0.2) is 0 Å². The molecule has 0 spiro atoms. The fourth-order valence-electron chi connectivity index (χ4n) is 2.26. The first kappa shape index (κ1) is 14.5. The van der Waals surface area contributed by atoms with Crippen molar-refractivity contribution in [2.75, 3.05) is 38.6 Å². The molecule has 0 radical (unpaired) electrons. The van der Waals surface area contributed by atoms with Crippen molar-refractivity contribution < 1.29 is 4.79 Å². The Balaban J connectivity index is 1.99. The number of amides is 1. The van der Waals surface area contributed by atoms with Crippen LogP contribution in [0, 0.1) is 0 Å². The number of nitrogens with one attached hydrogen (secondary N) is 1. The molecule has 2 rings (SSSR count). The first-order valence-corrected chi connectivity index (χ1v) is 7.30. The molecule has 0 bridgehead atoms.